The van der Waals surface area contributed by atoms with Crippen LogP contribution in [0.2, 0.25) is 0 Å². The zero-order chi connectivity index (χ0) is 19.1. The van der Waals surface area contributed by atoms with Crippen LogP contribution in [0.15, 0.2) is 42.5 Å². The number of amides is 1. The van der Waals surface area contributed by atoms with E-state index in [1.807, 2.05) is 0 Å². The number of carbonyl (C=O) groups is 3. The van der Waals surface area contributed by atoms with Crippen LogP contribution in [0.5, 0.6) is 11.5 Å². The van der Waals surface area contributed by atoms with Gasteiger partial charge in [-0.1, -0.05) is 0 Å². The highest BCUT2D eigenvalue weighted by atomic mass is 16.5. The number of methoxy groups -OCH3 is 2. The van der Waals surface area contributed by atoms with E-state index in [-0.39, 0.29) is 24.5 Å². The lowest BCUT2D eigenvalue weighted by Crippen LogP contribution is -2.12. The molecule has 0 heterocycles. The maximum atomic E-state index is 12.3. The molecule has 2 aromatic carbocycles. The Hall–Kier alpha value is -3.35. The Bertz CT molecular complexity index is 813. The minimum atomic E-state index is -1.02. The maximum absolute atomic E-state index is 12.3. The predicted molar refractivity (Wildman–Crippen MR) is 95.1 cm³/mol. The molecule has 0 aliphatic heterocycles. The molecule has 0 saturated carbocycles. The molecular weight excluding hydrogens is 338 g/mol. The Morgan fingerprint density at radius 2 is 1.50 bits per heavy atom. The molecule has 0 aromatic heterocycles. The van der Waals surface area contributed by atoms with Gasteiger partial charge in [-0.25, -0.2) is 0 Å². The Morgan fingerprint density at radius 1 is 0.885 bits per heavy atom. The molecule has 0 spiro atoms. The summed E-state index contributed by atoms with van der Waals surface area (Å²) < 4.78 is 10.3. The van der Waals surface area contributed by atoms with Crippen molar-refractivity contribution in [2.45, 2.75) is 12.8 Å². The summed E-state index contributed by atoms with van der Waals surface area (Å²) in [5.74, 6) is -0.647. The molecule has 0 bridgehead atoms. The van der Waals surface area contributed by atoms with Gasteiger partial charge in [0.2, 0.25) is 0 Å². The quantitative estimate of drug-likeness (QED) is 0.704. The molecule has 0 unspecified atom stereocenters. The van der Waals surface area contributed by atoms with Gasteiger partial charge >= 0.3 is 5.97 Å². The van der Waals surface area contributed by atoms with Crippen LogP contribution in [-0.4, -0.2) is 37.0 Å². The SMILES string of the molecule is COc1ccc(C(=O)Nc2ccc(C(=O)CCC(=O)O)cc2)cc1OC. The first kappa shape index (κ1) is 19.0. The molecule has 2 N–H and O–H groups in total. The molecule has 2 rings (SSSR count). The zero-order valence-corrected chi connectivity index (χ0v) is 14.4. The molecule has 0 radical (unpaired) electrons. The fourth-order valence-electron chi connectivity index (χ4n) is 2.28. The summed E-state index contributed by atoms with van der Waals surface area (Å²) in [5.41, 5.74) is 1.30. The lowest BCUT2D eigenvalue weighted by Gasteiger charge is -2.10. The Kier molecular flexibility index (Phi) is 6.32. The molecule has 0 aliphatic rings. The predicted octanol–water partition coefficient (Wildman–Crippen LogP) is 3.00. The highest BCUT2D eigenvalue weighted by molar-refractivity contribution is 6.05. The number of ketones is 1. The molecule has 136 valence electrons. The number of anilines is 1. The van der Waals surface area contributed by atoms with Crippen molar-refractivity contribution >= 4 is 23.3 Å². The molecule has 2 aromatic rings. The van der Waals surface area contributed by atoms with Gasteiger partial charge in [-0.05, 0) is 42.5 Å². The molecule has 0 aliphatic carbocycles. The monoisotopic (exact) mass is 357 g/mol. The molecule has 7 heteroatoms. The van der Waals surface area contributed by atoms with Gasteiger partial charge < -0.3 is 19.9 Å². The van der Waals surface area contributed by atoms with Crippen molar-refractivity contribution < 1.29 is 29.0 Å². The van der Waals surface area contributed by atoms with E-state index in [9.17, 15) is 14.4 Å². The second-order valence-electron chi connectivity index (χ2n) is 5.42. The Balaban J connectivity index is 2.05. The first-order valence-electron chi connectivity index (χ1n) is 7.83. The molecule has 1 amide bonds. The molecule has 7 nitrogen and oxygen atoms in total. The van der Waals surface area contributed by atoms with Crippen LogP contribution in [-0.2, 0) is 4.79 Å². The number of ether oxygens (including phenoxy) is 2. The van der Waals surface area contributed by atoms with Crippen LogP contribution in [0, 0.1) is 0 Å². The van der Waals surface area contributed by atoms with Crippen LogP contribution in [0.25, 0.3) is 0 Å². The number of aliphatic carboxylic acids is 1. The van der Waals surface area contributed by atoms with Crippen molar-refractivity contribution in [1.82, 2.24) is 0 Å². The molecule has 0 saturated heterocycles. The maximum Gasteiger partial charge on any atom is 0.303 e. The van der Waals surface area contributed by atoms with Crippen LogP contribution < -0.4 is 14.8 Å². The van der Waals surface area contributed by atoms with Crippen molar-refractivity contribution in [3.8, 4) is 11.5 Å². The van der Waals surface area contributed by atoms with Gasteiger partial charge in [0, 0.05) is 23.2 Å². The second kappa shape index (κ2) is 8.66. The second-order valence-corrected chi connectivity index (χ2v) is 5.42. The van der Waals surface area contributed by atoms with E-state index in [0.717, 1.165) is 0 Å². The van der Waals surface area contributed by atoms with Crippen molar-refractivity contribution in [2.75, 3.05) is 19.5 Å². The van der Waals surface area contributed by atoms with Crippen molar-refractivity contribution in [1.29, 1.82) is 0 Å². The first-order chi connectivity index (χ1) is 12.4. The summed E-state index contributed by atoms with van der Waals surface area (Å²) >= 11 is 0. The highest BCUT2D eigenvalue weighted by Crippen LogP contribution is 2.27. The smallest absolute Gasteiger partial charge is 0.303 e. The van der Waals surface area contributed by atoms with Gasteiger partial charge in [0.05, 0.1) is 20.6 Å². The van der Waals surface area contributed by atoms with Crippen molar-refractivity contribution in [2.24, 2.45) is 0 Å². The van der Waals surface area contributed by atoms with Crippen LogP contribution in [0.4, 0.5) is 5.69 Å². The number of rotatable bonds is 8. The zero-order valence-electron chi connectivity index (χ0n) is 14.4. The summed E-state index contributed by atoms with van der Waals surface area (Å²) in [6, 6.07) is 11.1. The van der Waals surface area contributed by atoms with E-state index >= 15 is 0 Å². The number of Topliss-reactive ketones (excluding diaryl/α,β-unsaturated/α-hetero) is 1. The average Bonchev–Trinajstić information content (AvgIpc) is 2.65. The Labute approximate surface area is 150 Å². The standard InChI is InChI=1S/C19H19NO6/c1-25-16-9-5-13(11-17(16)26-2)19(24)20-14-6-3-12(4-7-14)15(21)8-10-18(22)23/h3-7,9,11H,8,10H2,1-2H3,(H,20,24)(H,22,23). The van der Waals surface area contributed by atoms with E-state index in [4.69, 9.17) is 14.6 Å². The fraction of sp³-hybridized carbons (Fsp3) is 0.211. The summed E-state index contributed by atoms with van der Waals surface area (Å²) in [5, 5.41) is 11.3. The fourth-order valence-corrected chi connectivity index (χ4v) is 2.28. The van der Waals surface area contributed by atoms with E-state index < -0.39 is 5.97 Å². The van der Waals surface area contributed by atoms with Crippen molar-refractivity contribution in [3.05, 3.63) is 53.6 Å². The minimum Gasteiger partial charge on any atom is -0.493 e. The number of carboxylic acid groups (broad SMARTS) is 1. The van der Waals surface area contributed by atoms with Crippen molar-refractivity contribution in [3.63, 3.8) is 0 Å². The lowest BCUT2D eigenvalue weighted by molar-refractivity contribution is -0.136. The third kappa shape index (κ3) is 4.83. The average molecular weight is 357 g/mol. The van der Waals surface area contributed by atoms with Gasteiger partial charge in [0.25, 0.3) is 5.91 Å². The topological polar surface area (TPSA) is 102 Å². The van der Waals surface area contributed by atoms with E-state index in [0.29, 0.717) is 28.3 Å². The van der Waals surface area contributed by atoms with E-state index in [2.05, 4.69) is 5.32 Å². The van der Waals surface area contributed by atoms with Crippen LogP contribution in [0.3, 0.4) is 0 Å². The third-order valence-electron chi connectivity index (χ3n) is 3.68. The molecule has 0 atom stereocenters. The highest BCUT2D eigenvalue weighted by Gasteiger charge is 2.12. The largest absolute Gasteiger partial charge is 0.493 e. The molecule has 26 heavy (non-hydrogen) atoms. The van der Waals surface area contributed by atoms with Gasteiger partial charge in [-0.3, -0.25) is 14.4 Å². The summed E-state index contributed by atoms with van der Waals surface area (Å²) in [7, 11) is 3.00. The van der Waals surface area contributed by atoms with Gasteiger partial charge in [-0.2, -0.15) is 0 Å². The normalized spacial score (nSPS) is 10.1. The summed E-state index contributed by atoms with van der Waals surface area (Å²) in [6.45, 7) is 0. The van der Waals surface area contributed by atoms with E-state index in [1.165, 1.54) is 14.2 Å². The summed E-state index contributed by atoms with van der Waals surface area (Å²) in [4.78, 5) is 34.7. The van der Waals surface area contributed by atoms with Gasteiger partial charge in [-0.15, -0.1) is 0 Å². The van der Waals surface area contributed by atoms with Crippen LogP contribution in [0.1, 0.15) is 33.6 Å². The number of carboxylic acids is 1. The van der Waals surface area contributed by atoms with Gasteiger partial charge in [0.1, 0.15) is 0 Å². The number of hydrogen-bond donors (Lipinski definition) is 2. The minimum absolute atomic E-state index is 0.0628. The van der Waals surface area contributed by atoms with Gasteiger partial charge in [0.15, 0.2) is 17.3 Å². The summed E-state index contributed by atoms with van der Waals surface area (Å²) in [6.07, 6.45) is -0.274. The molecule has 0 fully saturated rings. The number of benzene rings is 2. The Morgan fingerprint density at radius 3 is 2.08 bits per heavy atom. The third-order valence-corrected chi connectivity index (χ3v) is 3.68. The van der Waals surface area contributed by atoms with E-state index in [1.54, 1.807) is 42.5 Å². The lowest BCUT2D eigenvalue weighted by atomic mass is 10.1. The number of nitrogens with one attached hydrogen (secondary N) is 1. The van der Waals surface area contributed by atoms with Crippen LogP contribution >= 0.6 is 0 Å². The number of hydrogen-bond acceptors (Lipinski definition) is 5. The first-order valence-corrected chi connectivity index (χ1v) is 7.83. The number of carbonyl (C=O) groups excluding carboxylic acids is 2. The molecular formula is C19H19NO6.